The topological polar surface area (TPSA) is 84.8 Å². The van der Waals surface area contributed by atoms with Crippen molar-refractivity contribution >= 4 is 45.3 Å². The highest BCUT2D eigenvalue weighted by molar-refractivity contribution is 7.17. The van der Waals surface area contributed by atoms with Crippen molar-refractivity contribution in [2.75, 3.05) is 5.32 Å². The summed E-state index contributed by atoms with van der Waals surface area (Å²) in [7, 11) is 0. The van der Waals surface area contributed by atoms with E-state index in [1.807, 2.05) is 24.3 Å². The number of benzene rings is 1. The number of anilines is 1. The molecule has 0 saturated heterocycles. The lowest BCUT2D eigenvalue weighted by molar-refractivity contribution is -0.111. The summed E-state index contributed by atoms with van der Waals surface area (Å²) in [5.74, 6) is -0.422. The minimum atomic E-state index is -0.343. The number of nitrogens with one attached hydrogen (secondary N) is 1. The van der Waals surface area contributed by atoms with Gasteiger partial charge >= 0.3 is 0 Å². The lowest BCUT2D eigenvalue weighted by Crippen LogP contribution is -2.07. The summed E-state index contributed by atoms with van der Waals surface area (Å²) in [4.78, 5) is 36.2. The molecule has 3 aromatic rings. The maximum atomic E-state index is 11.9. The summed E-state index contributed by atoms with van der Waals surface area (Å²) >= 11 is 1.14. The Morgan fingerprint density at radius 2 is 1.91 bits per heavy atom. The predicted octanol–water partition coefficient (Wildman–Crippen LogP) is 2.94. The van der Waals surface area contributed by atoms with Crippen LogP contribution >= 0.6 is 11.3 Å². The summed E-state index contributed by atoms with van der Waals surface area (Å²) in [5.41, 5.74) is 2.15. The molecule has 0 aliphatic carbocycles. The van der Waals surface area contributed by atoms with Crippen LogP contribution < -0.4 is 5.32 Å². The molecular formula is C16H12N4O2S. The molecule has 1 amide bonds. The number of hydrogen-bond donors (Lipinski definition) is 1. The molecule has 0 fully saturated rings. The van der Waals surface area contributed by atoms with Gasteiger partial charge in [-0.1, -0.05) is 23.5 Å². The van der Waals surface area contributed by atoms with Gasteiger partial charge in [0.1, 0.15) is 0 Å². The predicted molar refractivity (Wildman–Crippen MR) is 89.3 cm³/mol. The van der Waals surface area contributed by atoms with E-state index in [0.29, 0.717) is 15.7 Å². The maximum Gasteiger partial charge on any atom is 0.250 e. The molecule has 0 atom stereocenters. The fourth-order valence-corrected chi connectivity index (χ4v) is 2.57. The second-order valence-electron chi connectivity index (χ2n) is 4.69. The van der Waals surface area contributed by atoms with Crippen LogP contribution in [-0.4, -0.2) is 26.6 Å². The molecule has 7 heteroatoms. The second kappa shape index (κ2) is 6.45. The number of carbonyl (C=O) groups excluding carboxylic acids is 2. The number of nitrogens with zero attached hydrogens (tertiary/aromatic N) is 3. The first-order valence-corrected chi connectivity index (χ1v) is 7.61. The number of aromatic nitrogens is 3. The molecule has 0 aliphatic rings. The third-order valence-electron chi connectivity index (χ3n) is 2.96. The highest BCUT2D eigenvalue weighted by Crippen LogP contribution is 2.18. The zero-order valence-corrected chi connectivity index (χ0v) is 13.0. The van der Waals surface area contributed by atoms with Crippen molar-refractivity contribution in [1.29, 1.82) is 0 Å². The quantitative estimate of drug-likeness (QED) is 0.589. The smallest absolute Gasteiger partial charge is 0.250 e. The molecule has 1 aromatic carbocycles. The molecule has 0 unspecified atom stereocenters. The molecule has 2 heterocycles. The van der Waals surface area contributed by atoms with Crippen molar-refractivity contribution < 1.29 is 9.59 Å². The fourth-order valence-electron chi connectivity index (χ4n) is 1.85. The first kappa shape index (κ1) is 15.0. The summed E-state index contributed by atoms with van der Waals surface area (Å²) in [5, 5.41) is 2.99. The summed E-state index contributed by atoms with van der Waals surface area (Å²) in [6.07, 6.45) is 5.98. The monoisotopic (exact) mass is 324 g/mol. The lowest BCUT2D eigenvalue weighted by Gasteiger charge is -1.98. The van der Waals surface area contributed by atoms with E-state index in [9.17, 15) is 9.59 Å². The number of amides is 1. The molecule has 2 aromatic heterocycles. The largest absolute Gasteiger partial charge is 0.298 e. The Balaban J connectivity index is 1.70. The van der Waals surface area contributed by atoms with Crippen LogP contribution in [0.4, 0.5) is 5.13 Å². The number of hydrogen-bond acceptors (Lipinski definition) is 6. The van der Waals surface area contributed by atoms with Crippen LogP contribution in [-0.2, 0) is 4.79 Å². The van der Waals surface area contributed by atoms with Crippen molar-refractivity contribution in [3.63, 3.8) is 0 Å². The third-order valence-corrected chi connectivity index (χ3v) is 3.97. The molecule has 0 bridgehead atoms. The average molecular weight is 324 g/mol. The molecular weight excluding hydrogens is 312 g/mol. The Morgan fingerprint density at radius 3 is 2.65 bits per heavy atom. The van der Waals surface area contributed by atoms with Crippen LogP contribution in [0, 0.1) is 0 Å². The van der Waals surface area contributed by atoms with Gasteiger partial charge in [0.05, 0.1) is 34.0 Å². The molecule has 0 radical (unpaired) electrons. The molecule has 0 aliphatic heterocycles. The van der Waals surface area contributed by atoms with Crippen molar-refractivity contribution in [1.82, 2.24) is 15.0 Å². The first-order valence-electron chi connectivity index (χ1n) is 6.79. The van der Waals surface area contributed by atoms with Crippen LogP contribution in [0.2, 0.25) is 0 Å². The normalized spacial score (nSPS) is 11.0. The molecule has 6 nitrogen and oxygen atoms in total. The summed E-state index contributed by atoms with van der Waals surface area (Å²) in [6, 6.07) is 7.51. The van der Waals surface area contributed by atoms with E-state index in [1.54, 1.807) is 12.3 Å². The number of rotatable bonds is 4. The van der Waals surface area contributed by atoms with Crippen LogP contribution in [0.15, 0.2) is 42.7 Å². The molecule has 1 N–H and O–H groups in total. The molecule has 3 rings (SSSR count). The Kier molecular flexibility index (Phi) is 4.20. The summed E-state index contributed by atoms with van der Waals surface area (Å²) < 4.78 is 0. The van der Waals surface area contributed by atoms with Crippen molar-refractivity contribution in [3.8, 4) is 0 Å². The van der Waals surface area contributed by atoms with E-state index >= 15 is 0 Å². The van der Waals surface area contributed by atoms with E-state index in [0.717, 1.165) is 22.4 Å². The number of para-hydroxylation sites is 2. The van der Waals surface area contributed by atoms with Gasteiger partial charge in [0.15, 0.2) is 10.9 Å². The number of thiazole rings is 1. The Morgan fingerprint density at radius 1 is 1.13 bits per heavy atom. The summed E-state index contributed by atoms with van der Waals surface area (Å²) in [6.45, 7) is 1.46. The van der Waals surface area contributed by atoms with Gasteiger partial charge in [-0.05, 0) is 18.2 Å². The SMILES string of the molecule is CC(=O)c1cnc(NC(=O)/C=C/c2cnc3ccccc3n2)s1. The molecule has 114 valence electrons. The highest BCUT2D eigenvalue weighted by Gasteiger charge is 2.07. The highest BCUT2D eigenvalue weighted by atomic mass is 32.1. The van der Waals surface area contributed by atoms with Crippen LogP contribution in [0.25, 0.3) is 17.1 Å². The van der Waals surface area contributed by atoms with Crippen molar-refractivity contribution in [3.05, 3.63) is 53.3 Å². The molecule has 0 saturated carbocycles. The number of ketones is 1. The van der Waals surface area contributed by atoms with Gasteiger partial charge in [0, 0.05) is 13.0 Å². The fraction of sp³-hybridized carbons (Fsp3) is 0.0625. The van der Waals surface area contributed by atoms with E-state index in [4.69, 9.17) is 0 Å². The second-order valence-corrected chi connectivity index (χ2v) is 5.72. The van der Waals surface area contributed by atoms with Gasteiger partial charge in [-0.25, -0.2) is 9.97 Å². The maximum absolute atomic E-state index is 11.9. The van der Waals surface area contributed by atoms with E-state index in [1.165, 1.54) is 19.2 Å². The Hall–Kier alpha value is -2.93. The average Bonchev–Trinajstić information content (AvgIpc) is 3.01. The number of fused-ring (bicyclic) bond motifs is 1. The van der Waals surface area contributed by atoms with Gasteiger partial charge in [-0.3, -0.25) is 19.9 Å². The van der Waals surface area contributed by atoms with Gasteiger partial charge in [-0.2, -0.15) is 0 Å². The van der Waals surface area contributed by atoms with E-state index in [2.05, 4.69) is 20.3 Å². The van der Waals surface area contributed by atoms with Gasteiger partial charge in [0.25, 0.3) is 0 Å². The standard InChI is InChI=1S/C16H12N4O2S/c1-10(21)14-9-18-16(23-14)20-15(22)7-6-11-8-17-12-4-2-3-5-13(12)19-11/h2-9H,1H3,(H,18,20,22)/b7-6+. The first-order chi connectivity index (χ1) is 11.1. The zero-order valence-electron chi connectivity index (χ0n) is 12.2. The van der Waals surface area contributed by atoms with Gasteiger partial charge in [-0.15, -0.1) is 0 Å². The number of Topliss-reactive ketones (excluding diaryl/α,β-unsaturated/α-hetero) is 1. The minimum Gasteiger partial charge on any atom is -0.298 e. The van der Waals surface area contributed by atoms with E-state index < -0.39 is 0 Å². The van der Waals surface area contributed by atoms with Gasteiger partial charge < -0.3 is 0 Å². The molecule has 23 heavy (non-hydrogen) atoms. The van der Waals surface area contributed by atoms with Crippen molar-refractivity contribution in [2.45, 2.75) is 6.92 Å². The Labute approximate surface area is 135 Å². The zero-order chi connectivity index (χ0) is 16.2. The number of carbonyl (C=O) groups is 2. The van der Waals surface area contributed by atoms with Gasteiger partial charge in [0.2, 0.25) is 5.91 Å². The van der Waals surface area contributed by atoms with Crippen LogP contribution in [0.5, 0.6) is 0 Å². The minimum absolute atomic E-state index is 0.0787. The van der Waals surface area contributed by atoms with Crippen LogP contribution in [0.1, 0.15) is 22.3 Å². The lowest BCUT2D eigenvalue weighted by atomic mass is 10.3. The third kappa shape index (κ3) is 3.64. The van der Waals surface area contributed by atoms with Crippen molar-refractivity contribution in [2.24, 2.45) is 0 Å². The van der Waals surface area contributed by atoms with E-state index in [-0.39, 0.29) is 11.7 Å². The molecule has 0 spiro atoms. The van der Waals surface area contributed by atoms with Crippen LogP contribution in [0.3, 0.4) is 0 Å². The Bertz CT molecular complexity index is 917.